The Kier molecular flexibility index (Phi) is 28.6. The summed E-state index contributed by atoms with van der Waals surface area (Å²) in [5.74, 6) is -1.20. The number of nitrogens with zero attached hydrogens (tertiary/aromatic N) is 7. The number of hydrogen-bond acceptors (Lipinski definition) is 18. The van der Waals surface area contributed by atoms with E-state index in [1.54, 1.807) is 72.8 Å². The number of furan rings is 2. The van der Waals surface area contributed by atoms with Crippen molar-refractivity contribution in [3.8, 4) is 79.4 Å². The van der Waals surface area contributed by atoms with Gasteiger partial charge in [0.2, 0.25) is 26.2 Å². The van der Waals surface area contributed by atoms with Crippen molar-refractivity contribution in [1.29, 1.82) is 0 Å². The van der Waals surface area contributed by atoms with Crippen LogP contribution in [-0.2, 0) is 43.0 Å². The van der Waals surface area contributed by atoms with Crippen molar-refractivity contribution in [2.24, 2.45) is 0 Å². The Labute approximate surface area is 733 Å². The number of nitrogens with one attached hydrogen (secondary N) is 3. The first-order chi connectivity index (χ1) is 51.4. The fourth-order valence-electron chi connectivity index (χ4n) is 13.2. The number of ether oxygens (including phenoxy) is 4. The van der Waals surface area contributed by atoms with Gasteiger partial charge in [0.15, 0.2) is 13.5 Å². The van der Waals surface area contributed by atoms with Crippen LogP contribution in [0, 0.1) is 23.3 Å². The number of carbonyl (C=O) groups excluding carboxylic acids is 2. The molecule has 0 bridgehead atoms. The van der Waals surface area contributed by atoms with Crippen LogP contribution in [-0.4, -0.2) is 172 Å². The standard InChI is InChI=1S/C37H33F2N5O6S.C31H22F2N4O5S.C6H12INO.CH2O3.ClH.2K/c1-40-37(45)34-26-18-25(28-10-11-32-35(41-28)31-19-24-27(39)4-3-5-29(24)43(31)21-49-32)30(20-33(26)50-36(34)22-6-8-23(38)9-7-22)44(51(2,46)47)13-12-42-14-16-48-17-15-42;1-34-31(38)28-20-12-19(23(36-43(2,39)40)14-27(20)42-30(28)16-6-8-17(32)9-7-16)22-10-11-26-29(35-22)25-13-18-21(33)4-3-5-24(18)37(25)15-41-26;7-1-2-8-3-5-9-6-4-8;2-1(3)4;;;/h3-11,18-20H,12-17,21H2,1-2H3,(H,40,45);3-14,36H,15H2,1-2H3,(H,34,38);1-6H2;(H2,2,3,4);1H;;/q;;;;;2*+1/p-1. The predicted molar refractivity (Wildman–Crippen MR) is 409 cm³/mol. The molecule has 0 atom stereocenters. The number of amides is 2. The van der Waals surface area contributed by atoms with E-state index in [0.717, 1.165) is 38.8 Å². The van der Waals surface area contributed by atoms with E-state index in [-0.39, 0.29) is 192 Å². The number of anilines is 2. The molecular weight excluding hydrogens is 1660 g/mol. The average Bonchev–Trinajstić information content (AvgIpc) is 1.56. The summed E-state index contributed by atoms with van der Waals surface area (Å²) in [5, 5.41) is 22.2. The molecule has 12 aromatic rings. The molecule has 2 fully saturated rings. The maximum Gasteiger partial charge on any atom is 1.00 e. The van der Waals surface area contributed by atoms with Gasteiger partial charge in [0.1, 0.15) is 68.8 Å². The van der Waals surface area contributed by atoms with Crippen molar-refractivity contribution in [3.05, 3.63) is 180 Å². The van der Waals surface area contributed by atoms with Crippen LogP contribution in [0.5, 0.6) is 11.5 Å². The van der Waals surface area contributed by atoms with Crippen LogP contribution in [0.1, 0.15) is 20.7 Å². The molecule has 0 spiro atoms. The Balaban J connectivity index is 0.000000198. The van der Waals surface area contributed by atoms with Crippen molar-refractivity contribution in [2.75, 3.05) is 112 Å². The zero-order chi connectivity index (χ0) is 75.6. The molecule has 4 aliphatic rings. The normalized spacial score (nSPS) is 13.8. The summed E-state index contributed by atoms with van der Waals surface area (Å²) in [6, 6.07) is 37.4. The van der Waals surface area contributed by atoms with Crippen molar-refractivity contribution >= 4 is 128 Å². The number of benzene rings is 6. The van der Waals surface area contributed by atoms with Crippen LogP contribution in [0.4, 0.5) is 33.7 Å². The summed E-state index contributed by atoms with van der Waals surface area (Å²) in [7, 11) is -4.66. The maximum absolute atomic E-state index is 14.9. The first kappa shape index (κ1) is 85.4. The van der Waals surface area contributed by atoms with E-state index in [2.05, 4.69) is 47.7 Å². The number of morpholine rings is 2. The molecule has 10 heterocycles. The zero-order valence-corrected chi connectivity index (χ0v) is 71.0. The van der Waals surface area contributed by atoms with Gasteiger partial charge in [0, 0.05) is 120 Å². The number of fused-ring (bicyclic) bond motifs is 12. The van der Waals surface area contributed by atoms with Crippen LogP contribution in [0.15, 0.2) is 154 Å². The zero-order valence-electron chi connectivity index (χ0n) is 60.2. The van der Waals surface area contributed by atoms with E-state index < -0.39 is 49.7 Å². The average molecular weight is 1730 g/mol. The summed E-state index contributed by atoms with van der Waals surface area (Å²) in [6.45, 7) is 8.66. The van der Waals surface area contributed by atoms with E-state index in [0.29, 0.717) is 133 Å². The number of carbonyl (C=O) groups is 3. The van der Waals surface area contributed by atoms with Crippen LogP contribution < -0.4 is 137 Å². The van der Waals surface area contributed by atoms with Gasteiger partial charge >= 0.3 is 103 Å². The summed E-state index contributed by atoms with van der Waals surface area (Å²) in [4.78, 5) is 49.5. The Morgan fingerprint density at radius 2 is 1.01 bits per heavy atom. The Bertz CT molecular complexity index is 5670. The second-order valence-electron chi connectivity index (χ2n) is 25.0. The van der Waals surface area contributed by atoms with Crippen LogP contribution in [0.3, 0.4) is 0 Å². The maximum atomic E-state index is 14.9. The second kappa shape index (κ2) is 36.8. The molecular formula is C75H69ClF4IK2N10O15S2+. The first-order valence-corrected chi connectivity index (χ1v) is 38.7. The third-order valence-electron chi connectivity index (χ3n) is 18.2. The first-order valence-electron chi connectivity index (χ1n) is 33.4. The van der Waals surface area contributed by atoms with Gasteiger partial charge in [-0.2, -0.15) is 0 Å². The number of alkyl halides is 1. The van der Waals surface area contributed by atoms with Gasteiger partial charge in [0.05, 0.1) is 95.2 Å². The number of hydrogen-bond donors (Lipinski definition) is 4. The van der Waals surface area contributed by atoms with Gasteiger partial charge in [-0.05, 0) is 121 Å². The summed E-state index contributed by atoms with van der Waals surface area (Å²) >= 11 is 2.41. The number of rotatable bonds is 15. The molecule has 0 saturated carbocycles. The molecule has 564 valence electrons. The minimum atomic E-state index is -3.87. The Hall–Kier alpha value is -7.06. The van der Waals surface area contributed by atoms with E-state index in [1.807, 2.05) is 15.2 Å². The number of halogens is 6. The minimum absolute atomic E-state index is 0. The van der Waals surface area contributed by atoms with Gasteiger partial charge in [-0.1, -0.05) is 34.7 Å². The number of aromatic nitrogens is 4. The van der Waals surface area contributed by atoms with E-state index >= 15 is 0 Å². The SMILES string of the molecule is CNC(=O)c1c(-c2ccc(F)cc2)oc2cc(N(CCN3CCOCC3)S(C)(=O)=O)c(-c3ccc4c(n3)-c3cc5c(F)cccc5n3CO4)cc12.CNC(=O)c1c(-c2ccc(F)cc2)oc2cc(NS(C)(=O)=O)c(-c3ccc4c(n3)-c3cc5c(F)cccc5n3CO4)cc12.Cl.ICCN1CCOCC1.O=C([O-])O.[K+].[K+]. The summed E-state index contributed by atoms with van der Waals surface area (Å²) in [5.41, 5.74) is 7.22. The molecule has 6 aromatic heterocycles. The van der Waals surface area contributed by atoms with Gasteiger partial charge in [-0.3, -0.25) is 28.4 Å². The van der Waals surface area contributed by atoms with Crippen LogP contribution in [0.25, 0.3) is 112 Å². The minimum Gasteiger partial charge on any atom is -0.565 e. The third kappa shape index (κ3) is 18.7. The predicted octanol–water partition coefficient (Wildman–Crippen LogP) is 6.08. The van der Waals surface area contributed by atoms with Crippen molar-refractivity contribution in [2.45, 2.75) is 13.5 Å². The fraction of sp³-hybridized carbons (Fsp3) is 0.240. The molecule has 0 unspecified atom stereocenters. The van der Waals surface area contributed by atoms with Gasteiger partial charge in [-0.25, -0.2) is 44.4 Å². The second-order valence-corrected chi connectivity index (χ2v) is 29.7. The monoisotopic (exact) mass is 1730 g/mol. The molecule has 4 N–H and O–H groups in total. The largest absolute Gasteiger partial charge is 1.00 e. The van der Waals surface area contributed by atoms with Gasteiger partial charge in [-0.15, -0.1) is 12.4 Å². The van der Waals surface area contributed by atoms with E-state index in [9.17, 15) is 44.0 Å². The molecule has 4 aliphatic heterocycles. The molecule has 16 rings (SSSR count). The Morgan fingerprint density at radius 3 is 1.44 bits per heavy atom. The number of carboxylic acid groups (broad SMARTS) is 2. The molecule has 25 nitrogen and oxygen atoms in total. The number of sulfonamides is 2. The smallest absolute Gasteiger partial charge is 0.565 e. The molecule has 35 heteroatoms. The molecule has 2 saturated heterocycles. The van der Waals surface area contributed by atoms with Gasteiger partial charge in [0.25, 0.3) is 11.8 Å². The van der Waals surface area contributed by atoms with E-state index in [4.69, 9.17) is 52.8 Å². The molecule has 2 amide bonds. The summed E-state index contributed by atoms with van der Waals surface area (Å²) in [6.07, 6.45) is 0.0770. The topological polar surface area (TPSA) is 307 Å². The van der Waals surface area contributed by atoms with Crippen molar-refractivity contribution < 1.29 is 190 Å². The van der Waals surface area contributed by atoms with Crippen LogP contribution >= 0.6 is 35.0 Å². The number of pyridine rings is 2. The fourth-order valence-corrected chi connectivity index (χ4v) is 15.4. The molecule has 110 heavy (non-hydrogen) atoms. The quantitative estimate of drug-likeness (QED) is 0.0391. The molecule has 0 radical (unpaired) electrons. The molecule has 6 aromatic carbocycles. The van der Waals surface area contributed by atoms with Gasteiger partial charge < -0.3 is 62.6 Å². The van der Waals surface area contributed by atoms with Crippen molar-refractivity contribution in [1.82, 2.24) is 39.5 Å². The molecule has 0 aliphatic carbocycles. The van der Waals surface area contributed by atoms with Crippen LogP contribution in [0.2, 0.25) is 0 Å². The van der Waals surface area contributed by atoms with E-state index in [1.165, 1.54) is 96.1 Å². The third-order valence-corrected chi connectivity index (χ3v) is 20.4. The Morgan fingerprint density at radius 1 is 0.582 bits per heavy atom. The summed E-state index contributed by atoms with van der Waals surface area (Å²) < 4.78 is 153. The van der Waals surface area contributed by atoms with Crippen molar-refractivity contribution in [3.63, 3.8) is 0 Å².